The van der Waals surface area contributed by atoms with Crippen LogP contribution in [0.4, 0.5) is 15.9 Å². The number of hydrogen-bond acceptors (Lipinski definition) is 8. The normalized spacial score (nSPS) is 11.3. The average Bonchev–Trinajstić information content (AvgIpc) is 3.46. The zero-order valence-electron chi connectivity index (χ0n) is 18.9. The molecule has 0 unspecified atom stereocenters. The maximum Gasteiger partial charge on any atom is 0.295 e. The number of amides is 1. The number of tetrazole rings is 1. The van der Waals surface area contributed by atoms with Crippen LogP contribution in [0, 0.1) is 5.82 Å². The van der Waals surface area contributed by atoms with Crippen LogP contribution in [-0.2, 0) is 6.54 Å². The Labute approximate surface area is 199 Å². The van der Waals surface area contributed by atoms with E-state index in [9.17, 15) is 4.79 Å². The van der Waals surface area contributed by atoms with E-state index in [1.54, 1.807) is 30.3 Å². The molecule has 10 nitrogen and oxygen atoms in total. The van der Waals surface area contributed by atoms with Gasteiger partial charge in [-0.3, -0.25) is 4.79 Å². The molecule has 0 bridgehead atoms. The molecule has 3 N–H and O–H groups in total. The zero-order valence-corrected chi connectivity index (χ0v) is 18.9. The van der Waals surface area contributed by atoms with Gasteiger partial charge in [-0.1, -0.05) is 29.4 Å². The highest BCUT2D eigenvalue weighted by Gasteiger charge is 2.19. The third-order valence-corrected chi connectivity index (χ3v) is 5.42. The van der Waals surface area contributed by atoms with Crippen molar-refractivity contribution in [3.05, 3.63) is 77.9 Å². The number of anilines is 2. The molecule has 1 amide bonds. The van der Waals surface area contributed by atoms with E-state index in [2.05, 4.69) is 26.0 Å². The Kier molecular flexibility index (Phi) is 5.67. The van der Waals surface area contributed by atoms with Gasteiger partial charge in [0.15, 0.2) is 11.4 Å². The highest BCUT2D eigenvalue weighted by Crippen LogP contribution is 2.29. The predicted molar refractivity (Wildman–Crippen MR) is 128 cm³/mol. The van der Waals surface area contributed by atoms with Crippen LogP contribution in [0.15, 0.2) is 65.2 Å². The summed E-state index contributed by atoms with van der Waals surface area (Å²) in [4.78, 5) is 15.0. The molecule has 0 spiro atoms. The first-order valence-electron chi connectivity index (χ1n) is 10.7. The number of fused-ring (bicyclic) bond motifs is 1. The van der Waals surface area contributed by atoms with E-state index in [1.165, 1.54) is 10.7 Å². The van der Waals surface area contributed by atoms with E-state index in [0.717, 1.165) is 11.1 Å². The van der Waals surface area contributed by atoms with E-state index in [4.69, 9.17) is 10.3 Å². The van der Waals surface area contributed by atoms with Gasteiger partial charge in [-0.15, -0.1) is 5.10 Å². The summed E-state index contributed by atoms with van der Waals surface area (Å²) in [5.41, 5.74) is 9.31. The largest absolute Gasteiger partial charge is 0.380 e. The van der Waals surface area contributed by atoms with Crippen LogP contribution in [0.2, 0.25) is 0 Å². The van der Waals surface area contributed by atoms with Gasteiger partial charge in [0, 0.05) is 17.8 Å². The highest BCUT2D eigenvalue weighted by molar-refractivity contribution is 6.02. The number of rotatable bonds is 6. The van der Waals surface area contributed by atoms with Gasteiger partial charge in [0.05, 0.1) is 11.1 Å². The molecular formula is C24H21FN8O2. The molecule has 0 radical (unpaired) electrons. The van der Waals surface area contributed by atoms with Crippen LogP contribution in [0.3, 0.4) is 0 Å². The summed E-state index contributed by atoms with van der Waals surface area (Å²) in [6.07, 6.45) is 0. The van der Waals surface area contributed by atoms with E-state index in [0.29, 0.717) is 28.8 Å². The van der Waals surface area contributed by atoms with Gasteiger partial charge in [-0.2, -0.15) is 4.68 Å². The van der Waals surface area contributed by atoms with Crippen LogP contribution < -0.4 is 11.1 Å². The van der Waals surface area contributed by atoms with Crippen LogP contribution in [0.25, 0.3) is 27.8 Å². The van der Waals surface area contributed by atoms with Crippen LogP contribution in [-0.4, -0.2) is 50.3 Å². The molecule has 0 atom stereocenters. The predicted octanol–water partition coefficient (Wildman–Crippen LogP) is 3.51. The Morgan fingerprint density at radius 3 is 2.74 bits per heavy atom. The number of benzene rings is 3. The molecule has 11 heteroatoms. The molecule has 2 heterocycles. The topological polar surface area (TPSA) is 128 Å². The summed E-state index contributed by atoms with van der Waals surface area (Å²) in [7, 11) is 3.91. The molecule has 0 saturated heterocycles. The molecule has 0 fully saturated rings. The van der Waals surface area contributed by atoms with E-state index in [-0.39, 0.29) is 17.3 Å². The number of nitrogens with zero attached hydrogens (tertiary/aromatic N) is 6. The standard InChI is InChI=1S/C24H21FN8O2/c1-32(2)13-14-5-3-4-6-17(14)18-9-7-15(11-20(18)25)27-24(34)23-28-30-31-33(23)16-8-10-21-19(12-16)22(26)29-35-21/h3-12H,13H2,1-2H3,(H2,26,29)(H,27,34). The van der Waals surface area contributed by atoms with Gasteiger partial charge in [0.1, 0.15) is 5.82 Å². The summed E-state index contributed by atoms with van der Waals surface area (Å²) >= 11 is 0. The maximum atomic E-state index is 15.1. The molecule has 35 heavy (non-hydrogen) atoms. The first-order chi connectivity index (χ1) is 16.9. The third-order valence-electron chi connectivity index (χ3n) is 5.42. The van der Waals surface area contributed by atoms with Crippen molar-refractivity contribution >= 4 is 28.4 Å². The fourth-order valence-corrected chi connectivity index (χ4v) is 3.84. The number of carbonyl (C=O) groups excluding carboxylic acids is 1. The fourth-order valence-electron chi connectivity index (χ4n) is 3.84. The Morgan fingerprint density at radius 2 is 1.94 bits per heavy atom. The number of halogens is 1. The second-order valence-electron chi connectivity index (χ2n) is 8.21. The van der Waals surface area contributed by atoms with Crippen molar-refractivity contribution in [1.82, 2.24) is 30.3 Å². The average molecular weight is 472 g/mol. The van der Waals surface area contributed by atoms with E-state index < -0.39 is 11.7 Å². The minimum Gasteiger partial charge on any atom is -0.380 e. The number of carbonyl (C=O) groups is 1. The maximum absolute atomic E-state index is 15.1. The van der Waals surface area contributed by atoms with Gasteiger partial charge in [-0.25, -0.2) is 4.39 Å². The molecule has 2 aromatic heterocycles. The first-order valence-corrected chi connectivity index (χ1v) is 10.7. The molecule has 0 aliphatic heterocycles. The van der Waals surface area contributed by atoms with Crippen molar-refractivity contribution < 1.29 is 13.7 Å². The Balaban J connectivity index is 1.41. The van der Waals surface area contributed by atoms with Crippen LogP contribution in [0.1, 0.15) is 16.2 Å². The van der Waals surface area contributed by atoms with Gasteiger partial charge in [0.25, 0.3) is 5.91 Å². The van der Waals surface area contributed by atoms with Crippen molar-refractivity contribution in [2.45, 2.75) is 6.54 Å². The Hall–Kier alpha value is -4.64. The van der Waals surface area contributed by atoms with Crippen molar-refractivity contribution in [3.63, 3.8) is 0 Å². The number of nitrogens with one attached hydrogen (secondary N) is 1. The molecule has 5 aromatic rings. The van der Waals surface area contributed by atoms with Crippen molar-refractivity contribution in [2.24, 2.45) is 0 Å². The first kappa shape index (κ1) is 22.2. The lowest BCUT2D eigenvalue weighted by Gasteiger charge is -2.15. The Morgan fingerprint density at radius 1 is 1.11 bits per heavy atom. The second kappa shape index (κ2) is 8.95. The summed E-state index contributed by atoms with van der Waals surface area (Å²) in [6, 6.07) is 17.2. The smallest absolute Gasteiger partial charge is 0.295 e. The quantitative estimate of drug-likeness (QED) is 0.384. The van der Waals surface area contributed by atoms with Gasteiger partial charge in [0.2, 0.25) is 5.82 Å². The molecule has 3 aromatic carbocycles. The highest BCUT2D eigenvalue weighted by atomic mass is 19.1. The lowest BCUT2D eigenvalue weighted by atomic mass is 9.98. The molecule has 0 aliphatic carbocycles. The number of nitrogens with two attached hydrogens (primary N) is 1. The summed E-state index contributed by atoms with van der Waals surface area (Å²) < 4.78 is 21.5. The van der Waals surface area contributed by atoms with Crippen molar-refractivity contribution in [2.75, 3.05) is 25.1 Å². The lowest BCUT2D eigenvalue weighted by molar-refractivity contribution is 0.101. The zero-order chi connectivity index (χ0) is 24.5. The van der Waals surface area contributed by atoms with Crippen LogP contribution >= 0.6 is 0 Å². The lowest BCUT2D eigenvalue weighted by Crippen LogP contribution is -2.18. The molecule has 0 aliphatic rings. The summed E-state index contributed by atoms with van der Waals surface area (Å²) in [5.74, 6) is -0.931. The van der Waals surface area contributed by atoms with E-state index >= 15 is 4.39 Å². The number of nitrogen functional groups attached to an aromatic ring is 1. The SMILES string of the molecule is CN(C)Cc1ccccc1-c1ccc(NC(=O)c2nnnn2-c2ccc3onc(N)c3c2)cc1F. The molecule has 176 valence electrons. The second-order valence-corrected chi connectivity index (χ2v) is 8.21. The summed E-state index contributed by atoms with van der Waals surface area (Å²) in [5, 5.41) is 18.3. The molecule has 0 saturated carbocycles. The number of aromatic nitrogens is 5. The molecular weight excluding hydrogens is 451 g/mol. The van der Waals surface area contributed by atoms with Crippen molar-refractivity contribution in [3.8, 4) is 16.8 Å². The minimum absolute atomic E-state index is 0.0832. The summed E-state index contributed by atoms with van der Waals surface area (Å²) in [6.45, 7) is 0.670. The Bertz CT molecular complexity index is 1540. The van der Waals surface area contributed by atoms with Gasteiger partial charge >= 0.3 is 0 Å². The van der Waals surface area contributed by atoms with Gasteiger partial charge < -0.3 is 20.5 Å². The monoisotopic (exact) mass is 472 g/mol. The van der Waals surface area contributed by atoms with E-state index in [1.807, 2.05) is 43.3 Å². The minimum atomic E-state index is -0.603. The van der Waals surface area contributed by atoms with Gasteiger partial charge in [-0.05, 0) is 72.0 Å². The van der Waals surface area contributed by atoms with Crippen molar-refractivity contribution in [1.29, 1.82) is 0 Å². The molecule has 5 rings (SSSR count). The van der Waals surface area contributed by atoms with Crippen LogP contribution in [0.5, 0.6) is 0 Å². The number of hydrogen-bond donors (Lipinski definition) is 2. The third kappa shape index (κ3) is 4.32. The fraction of sp³-hybridized carbons (Fsp3) is 0.125.